The lowest BCUT2D eigenvalue weighted by molar-refractivity contribution is -0.117. The molecule has 1 N–H and O–H groups in total. The molecule has 2 saturated heterocycles. The zero-order valence-corrected chi connectivity index (χ0v) is 19.1. The Labute approximate surface area is 191 Å². The summed E-state index contributed by atoms with van der Waals surface area (Å²) in [6.07, 6.45) is 1.45. The average molecular weight is 513 g/mol. The van der Waals surface area contributed by atoms with Crippen molar-refractivity contribution in [2.24, 2.45) is 0 Å². The van der Waals surface area contributed by atoms with E-state index in [9.17, 15) is 14.4 Å². The zero-order valence-electron chi connectivity index (χ0n) is 15.9. The number of hydrogen-bond donors (Lipinski definition) is 1. The maximum absolute atomic E-state index is 12.5. The molecule has 1 aromatic heterocycles. The van der Waals surface area contributed by atoms with Crippen LogP contribution < -0.4 is 15.1 Å². The summed E-state index contributed by atoms with van der Waals surface area (Å²) in [4.78, 5) is 40.8. The van der Waals surface area contributed by atoms with Gasteiger partial charge in [-0.15, -0.1) is 11.3 Å². The zero-order chi connectivity index (χ0) is 21.3. The number of hydrogen-bond acceptors (Lipinski definition) is 5. The lowest BCUT2D eigenvalue weighted by Gasteiger charge is -2.23. The van der Waals surface area contributed by atoms with Crippen molar-refractivity contribution in [1.29, 1.82) is 0 Å². The topological polar surface area (TPSA) is 79.0 Å². The molecule has 0 spiro atoms. The van der Waals surface area contributed by atoms with Crippen LogP contribution in [0.25, 0.3) is 0 Å². The van der Waals surface area contributed by atoms with E-state index in [-0.39, 0.29) is 24.3 Å². The predicted octanol–water partition coefficient (Wildman–Crippen LogP) is 4.44. The van der Waals surface area contributed by atoms with Crippen LogP contribution in [-0.2, 0) is 9.53 Å². The van der Waals surface area contributed by atoms with Gasteiger partial charge in [-0.3, -0.25) is 14.5 Å². The van der Waals surface area contributed by atoms with Crippen molar-refractivity contribution in [2.75, 3.05) is 29.5 Å². The van der Waals surface area contributed by atoms with E-state index in [0.717, 1.165) is 16.6 Å². The molecule has 10 heteroatoms. The van der Waals surface area contributed by atoms with Crippen molar-refractivity contribution < 1.29 is 19.1 Å². The third-order valence-electron chi connectivity index (χ3n) is 5.01. The van der Waals surface area contributed by atoms with Gasteiger partial charge in [-0.1, -0.05) is 11.6 Å². The van der Waals surface area contributed by atoms with Crippen molar-refractivity contribution >= 4 is 68.2 Å². The molecule has 1 unspecified atom stereocenters. The summed E-state index contributed by atoms with van der Waals surface area (Å²) in [5.74, 6) is -0.288. The predicted molar refractivity (Wildman–Crippen MR) is 120 cm³/mol. The maximum Gasteiger partial charge on any atom is 0.414 e. The third-order valence-corrected chi connectivity index (χ3v) is 6.94. The van der Waals surface area contributed by atoms with Crippen LogP contribution in [0.4, 0.5) is 16.2 Å². The van der Waals surface area contributed by atoms with Crippen LogP contribution in [0.15, 0.2) is 34.1 Å². The van der Waals surface area contributed by atoms with Gasteiger partial charge >= 0.3 is 6.09 Å². The van der Waals surface area contributed by atoms with Gasteiger partial charge in [0.1, 0.15) is 0 Å². The summed E-state index contributed by atoms with van der Waals surface area (Å²) in [5.41, 5.74) is 1.19. The largest absolute Gasteiger partial charge is 0.449 e. The Balaban J connectivity index is 1.46. The van der Waals surface area contributed by atoms with E-state index in [0.29, 0.717) is 41.0 Å². The van der Waals surface area contributed by atoms with Crippen LogP contribution in [0.3, 0.4) is 0 Å². The number of nitrogens with one attached hydrogen (secondary N) is 1. The Kier molecular flexibility index (Phi) is 6.31. The van der Waals surface area contributed by atoms with Gasteiger partial charge in [0, 0.05) is 25.2 Å². The van der Waals surface area contributed by atoms with Crippen molar-refractivity contribution in [3.63, 3.8) is 0 Å². The van der Waals surface area contributed by atoms with Gasteiger partial charge < -0.3 is 15.0 Å². The molecule has 4 rings (SSSR count). The number of nitrogens with zero attached hydrogens (tertiary/aromatic N) is 2. The summed E-state index contributed by atoms with van der Waals surface area (Å²) in [5, 5.41) is 3.29. The van der Waals surface area contributed by atoms with Gasteiger partial charge in [0.05, 0.1) is 32.0 Å². The molecule has 1 aromatic carbocycles. The van der Waals surface area contributed by atoms with Gasteiger partial charge in [-0.25, -0.2) is 4.79 Å². The Bertz CT molecular complexity index is 998. The Morgan fingerprint density at radius 3 is 2.77 bits per heavy atom. The number of anilines is 2. The SMILES string of the molecule is O=C(NC1CC(=O)N(c2ccc(N3CCCCOC3=O)c(Cl)c2)C1)c1ccc(Br)s1. The Morgan fingerprint density at radius 2 is 2.03 bits per heavy atom. The van der Waals surface area contributed by atoms with E-state index in [1.165, 1.54) is 16.2 Å². The quantitative estimate of drug-likeness (QED) is 0.657. The van der Waals surface area contributed by atoms with Crippen molar-refractivity contribution in [3.8, 4) is 0 Å². The molecule has 2 aliphatic rings. The summed E-state index contributed by atoms with van der Waals surface area (Å²) in [7, 11) is 0. The molecule has 0 radical (unpaired) electrons. The summed E-state index contributed by atoms with van der Waals surface area (Å²) < 4.78 is 6.06. The molecule has 30 heavy (non-hydrogen) atoms. The fraction of sp³-hybridized carbons (Fsp3) is 0.350. The molecule has 2 aliphatic heterocycles. The number of benzene rings is 1. The van der Waals surface area contributed by atoms with Crippen molar-refractivity contribution in [2.45, 2.75) is 25.3 Å². The number of carbonyl (C=O) groups excluding carboxylic acids is 3. The monoisotopic (exact) mass is 511 g/mol. The highest BCUT2D eigenvalue weighted by Gasteiger charge is 2.32. The summed E-state index contributed by atoms with van der Waals surface area (Å²) >= 11 is 11.1. The first-order valence-electron chi connectivity index (χ1n) is 9.53. The second kappa shape index (κ2) is 8.95. The van der Waals surface area contributed by atoms with Gasteiger partial charge in [0.2, 0.25) is 5.91 Å². The number of halogens is 2. The Hall–Kier alpha value is -2.10. The maximum atomic E-state index is 12.5. The molecular weight excluding hydrogens is 494 g/mol. The first kappa shape index (κ1) is 21.1. The molecule has 7 nitrogen and oxygen atoms in total. The highest BCUT2D eigenvalue weighted by molar-refractivity contribution is 9.11. The van der Waals surface area contributed by atoms with E-state index in [1.54, 1.807) is 29.2 Å². The number of ether oxygens (including phenoxy) is 1. The van der Waals surface area contributed by atoms with Gasteiger partial charge in [-0.2, -0.15) is 0 Å². The normalized spacial score (nSPS) is 19.6. The number of thiophene rings is 1. The number of cyclic esters (lactones) is 1. The number of rotatable bonds is 4. The first-order valence-corrected chi connectivity index (χ1v) is 11.5. The molecule has 0 bridgehead atoms. The molecule has 2 fully saturated rings. The minimum Gasteiger partial charge on any atom is -0.449 e. The smallest absolute Gasteiger partial charge is 0.414 e. The number of amides is 3. The fourth-order valence-electron chi connectivity index (χ4n) is 3.55. The highest BCUT2D eigenvalue weighted by atomic mass is 79.9. The Morgan fingerprint density at radius 1 is 1.20 bits per heavy atom. The summed E-state index contributed by atoms with van der Waals surface area (Å²) in [6.45, 7) is 1.30. The first-order chi connectivity index (χ1) is 14.4. The average Bonchev–Trinajstić information content (AvgIpc) is 3.23. The molecule has 2 aromatic rings. The third kappa shape index (κ3) is 4.48. The highest BCUT2D eigenvalue weighted by Crippen LogP contribution is 2.33. The van der Waals surface area contributed by atoms with Crippen LogP contribution >= 0.6 is 38.9 Å². The van der Waals surface area contributed by atoms with Crippen LogP contribution in [-0.4, -0.2) is 43.6 Å². The van der Waals surface area contributed by atoms with Gasteiger partial charge in [0.25, 0.3) is 5.91 Å². The number of carbonyl (C=O) groups is 3. The molecule has 0 aliphatic carbocycles. The summed E-state index contributed by atoms with van der Waals surface area (Å²) in [6, 6.07) is 8.43. The second-order valence-corrected chi connectivity index (χ2v) is 9.96. The van der Waals surface area contributed by atoms with Crippen LogP contribution in [0.5, 0.6) is 0 Å². The standard InChI is InChI=1S/C20H19BrClN3O4S/c21-17-6-5-16(30-17)19(27)23-12-9-18(26)25(11-12)13-3-4-15(14(22)10-13)24-7-1-2-8-29-20(24)28/h3-6,10,12H,1-2,7-9,11H2,(H,23,27). The molecule has 158 valence electrons. The van der Waals surface area contributed by atoms with Crippen molar-refractivity contribution in [3.05, 3.63) is 44.0 Å². The second-order valence-electron chi connectivity index (χ2n) is 7.09. The lowest BCUT2D eigenvalue weighted by atomic mass is 10.2. The van der Waals surface area contributed by atoms with Crippen molar-refractivity contribution in [1.82, 2.24) is 5.32 Å². The van der Waals surface area contributed by atoms with E-state index in [1.807, 2.05) is 6.07 Å². The fourth-order valence-corrected chi connectivity index (χ4v) is 5.11. The van der Waals surface area contributed by atoms with Gasteiger partial charge in [0.15, 0.2) is 0 Å². The molecule has 0 saturated carbocycles. The van der Waals surface area contributed by atoms with E-state index < -0.39 is 6.09 Å². The molecule has 3 amide bonds. The minimum atomic E-state index is -0.414. The van der Waals surface area contributed by atoms with Gasteiger partial charge in [-0.05, 0) is 59.1 Å². The van der Waals surface area contributed by atoms with E-state index in [2.05, 4.69) is 21.2 Å². The van der Waals surface area contributed by atoms with Crippen LogP contribution in [0.2, 0.25) is 5.02 Å². The van der Waals surface area contributed by atoms with Crippen LogP contribution in [0, 0.1) is 0 Å². The van der Waals surface area contributed by atoms with E-state index >= 15 is 0 Å². The lowest BCUT2D eigenvalue weighted by Crippen LogP contribution is -2.36. The minimum absolute atomic E-state index is 0.0920. The van der Waals surface area contributed by atoms with Crippen LogP contribution in [0.1, 0.15) is 28.9 Å². The molecule has 1 atom stereocenters. The molecule has 3 heterocycles. The molecular formula is C20H19BrClN3O4S. The van der Waals surface area contributed by atoms with E-state index in [4.69, 9.17) is 16.3 Å².